The summed E-state index contributed by atoms with van der Waals surface area (Å²) in [6, 6.07) is 0. The fourth-order valence-electron chi connectivity index (χ4n) is 1.03. The van der Waals surface area contributed by atoms with Gasteiger partial charge in [0.25, 0.3) is 0 Å². The maximum absolute atomic E-state index is 5.23. The summed E-state index contributed by atoms with van der Waals surface area (Å²) in [5, 5.41) is 1.68. The molecule has 12 heavy (non-hydrogen) atoms. The van der Waals surface area contributed by atoms with Crippen LogP contribution in [0.3, 0.4) is 0 Å². The zero-order chi connectivity index (χ0) is 9.19. The van der Waals surface area contributed by atoms with Gasteiger partial charge in [-0.15, -0.1) is 0 Å². The Morgan fingerprint density at radius 1 is 1.42 bits per heavy atom. The third kappa shape index (κ3) is 1.70. The average molecular weight is 165 g/mol. The highest BCUT2D eigenvalue weighted by atomic mass is 16.7. The molecular weight excluding hydrogens is 150 g/mol. The maximum atomic E-state index is 5.23. The van der Waals surface area contributed by atoms with Crippen LogP contribution in [0.1, 0.15) is 13.8 Å². The van der Waals surface area contributed by atoms with E-state index in [1.54, 1.807) is 11.3 Å². The minimum absolute atomic E-state index is 0.0422. The highest BCUT2D eigenvalue weighted by Crippen LogP contribution is 2.29. The van der Waals surface area contributed by atoms with E-state index in [1.807, 2.05) is 19.2 Å². The third-order valence-electron chi connectivity index (χ3n) is 2.05. The van der Waals surface area contributed by atoms with Crippen LogP contribution < -0.4 is 0 Å². The standard InChI is InChI=1S/C10H15NO/c1-9-10(2,3)7-5-6-8-12-11(9)4/h5-8H,1H2,2-4H3/b7-5-,8-6-. The Morgan fingerprint density at radius 2 is 2.08 bits per heavy atom. The molecule has 0 N–H and O–H groups in total. The van der Waals surface area contributed by atoms with E-state index >= 15 is 0 Å². The molecule has 66 valence electrons. The summed E-state index contributed by atoms with van der Waals surface area (Å²) in [7, 11) is 1.85. The van der Waals surface area contributed by atoms with E-state index in [1.165, 1.54) is 0 Å². The molecule has 2 nitrogen and oxygen atoms in total. The van der Waals surface area contributed by atoms with Crippen molar-refractivity contribution in [2.45, 2.75) is 13.8 Å². The molecule has 0 radical (unpaired) electrons. The molecule has 0 unspecified atom stereocenters. The van der Waals surface area contributed by atoms with Crippen molar-refractivity contribution in [2.75, 3.05) is 7.05 Å². The van der Waals surface area contributed by atoms with Crippen molar-refractivity contribution < 1.29 is 4.84 Å². The van der Waals surface area contributed by atoms with Gasteiger partial charge in [-0.25, -0.2) is 5.06 Å². The van der Waals surface area contributed by atoms with E-state index in [-0.39, 0.29) is 5.41 Å². The number of nitrogens with zero attached hydrogens (tertiary/aromatic N) is 1. The number of hydroxylamine groups is 2. The summed E-state index contributed by atoms with van der Waals surface area (Å²) >= 11 is 0. The van der Waals surface area contributed by atoms with E-state index in [0.717, 1.165) is 5.70 Å². The smallest absolute Gasteiger partial charge is 0.119 e. The van der Waals surface area contributed by atoms with Crippen molar-refractivity contribution >= 4 is 0 Å². The predicted octanol–water partition coefficient (Wildman–Crippen LogP) is 2.47. The summed E-state index contributed by atoms with van der Waals surface area (Å²) in [6.45, 7) is 8.17. The first-order valence-electron chi connectivity index (χ1n) is 3.98. The van der Waals surface area contributed by atoms with Crippen LogP contribution in [0.2, 0.25) is 0 Å². The van der Waals surface area contributed by atoms with Crippen molar-refractivity contribution in [3.63, 3.8) is 0 Å². The fourth-order valence-corrected chi connectivity index (χ4v) is 1.03. The molecule has 1 aliphatic rings. The Morgan fingerprint density at radius 3 is 2.75 bits per heavy atom. The second-order valence-corrected chi connectivity index (χ2v) is 3.46. The molecule has 0 spiro atoms. The van der Waals surface area contributed by atoms with Crippen LogP contribution in [0.5, 0.6) is 0 Å². The molecule has 0 saturated carbocycles. The molecule has 0 saturated heterocycles. The molecule has 0 bridgehead atoms. The van der Waals surface area contributed by atoms with Gasteiger partial charge in [0.1, 0.15) is 6.26 Å². The second kappa shape index (κ2) is 3.05. The van der Waals surface area contributed by atoms with Gasteiger partial charge in [-0.05, 0) is 6.08 Å². The van der Waals surface area contributed by atoms with Gasteiger partial charge in [0.15, 0.2) is 0 Å². The van der Waals surface area contributed by atoms with Crippen LogP contribution in [0.25, 0.3) is 0 Å². The Labute approximate surface area is 73.8 Å². The molecule has 0 aliphatic carbocycles. The molecule has 1 heterocycles. The first-order chi connectivity index (χ1) is 5.54. The molecule has 1 aliphatic heterocycles. The van der Waals surface area contributed by atoms with Crippen LogP contribution in [0, 0.1) is 5.41 Å². The molecule has 0 aromatic carbocycles. The lowest BCUT2D eigenvalue weighted by Crippen LogP contribution is -2.26. The first-order valence-corrected chi connectivity index (χ1v) is 3.98. The van der Waals surface area contributed by atoms with Gasteiger partial charge >= 0.3 is 0 Å². The van der Waals surface area contributed by atoms with E-state index in [0.29, 0.717) is 0 Å². The molecule has 0 amide bonds. The Bertz CT molecular complexity index is 238. The normalized spacial score (nSPS) is 26.9. The average Bonchev–Trinajstić information content (AvgIpc) is 2.00. The number of hydrogen-bond acceptors (Lipinski definition) is 2. The van der Waals surface area contributed by atoms with Gasteiger partial charge < -0.3 is 4.84 Å². The maximum Gasteiger partial charge on any atom is 0.119 e. The predicted molar refractivity (Wildman–Crippen MR) is 50.0 cm³/mol. The van der Waals surface area contributed by atoms with Crippen molar-refractivity contribution in [2.24, 2.45) is 5.41 Å². The number of rotatable bonds is 0. The minimum atomic E-state index is -0.0422. The molecule has 0 fully saturated rings. The number of allylic oxidation sites excluding steroid dienone is 3. The Hall–Kier alpha value is -1.18. The monoisotopic (exact) mass is 165 g/mol. The number of hydrogen-bond donors (Lipinski definition) is 0. The van der Waals surface area contributed by atoms with Crippen molar-refractivity contribution in [1.82, 2.24) is 5.06 Å². The Kier molecular flexibility index (Phi) is 2.27. The van der Waals surface area contributed by atoms with Crippen molar-refractivity contribution in [1.29, 1.82) is 0 Å². The lowest BCUT2D eigenvalue weighted by Gasteiger charge is -2.31. The van der Waals surface area contributed by atoms with Crippen LogP contribution >= 0.6 is 0 Å². The SMILES string of the molecule is C=C1N(C)O/C=C\C=C/C1(C)C. The fraction of sp³-hybridized carbons (Fsp3) is 0.400. The van der Waals surface area contributed by atoms with E-state index < -0.39 is 0 Å². The molecule has 0 aromatic heterocycles. The minimum Gasteiger partial charge on any atom is -0.388 e. The van der Waals surface area contributed by atoms with Crippen LogP contribution in [-0.2, 0) is 4.84 Å². The largest absolute Gasteiger partial charge is 0.388 e. The van der Waals surface area contributed by atoms with Gasteiger partial charge in [-0.2, -0.15) is 0 Å². The zero-order valence-corrected chi connectivity index (χ0v) is 7.87. The lowest BCUT2D eigenvalue weighted by molar-refractivity contribution is -0.0584. The van der Waals surface area contributed by atoms with Gasteiger partial charge in [-0.3, -0.25) is 0 Å². The third-order valence-corrected chi connectivity index (χ3v) is 2.05. The molecule has 0 aromatic rings. The van der Waals surface area contributed by atoms with E-state index in [4.69, 9.17) is 4.84 Å². The van der Waals surface area contributed by atoms with Crippen molar-refractivity contribution in [3.8, 4) is 0 Å². The second-order valence-electron chi connectivity index (χ2n) is 3.46. The van der Waals surface area contributed by atoms with Gasteiger partial charge in [0, 0.05) is 12.5 Å². The van der Waals surface area contributed by atoms with Gasteiger partial charge in [0.2, 0.25) is 0 Å². The summed E-state index contributed by atoms with van der Waals surface area (Å²) in [4.78, 5) is 5.23. The van der Waals surface area contributed by atoms with Crippen LogP contribution in [-0.4, -0.2) is 12.1 Å². The highest BCUT2D eigenvalue weighted by molar-refractivity contribution is 5.18. The summed E-state index contributed by atoms with van der Waals surface area (Å²) in [6.07, 6.45) is 7.57. The molecule has 1 rings (SSSR count). The molecule has 0 atom stereocenters. The van der Waals surface area contributed by atoms with Crippen LogP contribution in [0.15, 0.2) is 36.8 Å². The van der Waals surface area contributed by atoms with Gasteiger partial charge in [0.05, 0.1) is 5.70 Å². The highest BCUT2D eigenvalue weighted by Gasteiger charge is 2.22. The Balaban J connectivity index is 2.92. The first kappa shape index (κ1) is 8.91. The summed E-state index contributed by atoms with van der Waals surface area (Å²) in [5.74, 6) is 0. The topological polar surface area (TPSA) is 12.5 Å². The van der Waals surface area contributed by atoms with E-state index in [2.05, 4.69) is 26.5 Å². The van der Waals surface area contributed by atoms with Gasteiger partial charge in [-0.1, -0.05) is 32.6 Å². The molecule has 2 heteroatoms. The quantitative estimate of drug-likeness (QED) is 0.546. The van der Waals surface area contributed by atoms with Crippen LogP contribution in [0.4, 0.5) is 0 Å². The zero-order valence-electron chi connectivity index (χ0n) is 7.87. The summed E-state index contributed by atoms with van der Waals surface area (Å²) in [5.41, 5.74) is 0.905. The summed E-state index contributed by atoms with van der Waals surface area (Å²) < 4.78 is 0. The van der Waals surface area contributed by atoms with Crippen molar-refractivity contribution in [3.05, 3.63) is 36.8 Å². The molecular formula is C10H15NO. The van der Waals surface area contributed by atoms with E-state index in [9.17, 15) is 0 Å². The lowest BCUT2D eigenvalue weighted by atomic mass is 9.89.